The van der Waals surface area contributed by atoms with E-state index < -0.39 is 33.8 Å². The summed E-state index contributed by atoms with van der Waals surface area (Å²) in [4.78, 5) is 18.0. The van der Waals surface area contributed by atoms with Gasteiger partial charge in [-0.15, -0.1) is 11.3 Å². The lowest BCUT2D eigenvalue weighted by molar-refractivity contribution is -0.150. The van der Waals surface area contributed by atoms with Crippen LogP contribution in [0.3, 0.4) is 0 Å². The van der Waals surface area contributed by atoms with E-state index in [0.717, 1.165) is 30.7 Å². The molecule has 240 valence electrons. The minimum Gasteiger partial charge on any atom is -0.356 e. The fourth-order valence-electron chi connectivity index (χ4n) is 5.10. The Morgan fingerprint density at radius 2 is 1.86 bits per heavy atom. The Bertz CT molecular complexity index is 1530. The van der Waals surface area contributed by atoms with Gasteiger partial charge in [0.1, 0.15) is 5.82 Å². The zero-order valence-corrected chi connectivity index (χ0v) is 27.3. The Morgan fingerprint density at radius 1 is 1.14 bits per heavy atom. The molecule has 1 unspecified atom stereocenters. The smallest absolute Gasteiger partial charge is 0.319 e. The molecule has 3 aromatic rings. The minimum atomic E-state index is -3.99. The second-order valence-electron chi connectivity index (χ2n) is 12.3. The third-order valence-electron chi connectivity index (χ3n) is 6.96. The van der Waals surface area contributed by atoms with Crippen molar-refractivity contribution < 1.29 is 27.4 Å². The van der Waals surface area contributed by atoms with E-state index in [1.807, 2.05) is 13.8 Å². The number of sulfonamides is 1. The molecule has 13 heteroatoms. The van der Waals surface area contributed by atoms with Crippen LogP contribution in [-0.4, -0.2) is 48.6 Å². The summed E-state index contributed by atoms with van der Waals surface area (Å²) in [5.74, 6) is -0.171. The van der Waals surface area contributed by atoms with Gasteiger partial charge in [-0.1, -0.05) is 18.2 Å². The van der Waals surface area contributed by atoms with Gasteiger partial charge in [0.2, 0.25) is 16.4 Å². The molecule has 44 heavy (non-hydrogen) atoms. The van der Waals surface area contributed by atoms with Crippen molar-refractivity contribution in [3.8, 4) is 10.4 Å². The summed E-state index contributed by atoms with van der Waals surface area (Å²) in [6, 6.07) is 10.3. The zero-order chi connectivity index (χ0) is 32.1. The molecule has 1 heterocycles. The molecular formula is C31H42FN5O5S2. The van der Waals surface area contributed by atoms with E-state index >= 15 is 0 Å². The lowest BCUT2D eigenvalue weighted by Gasteiger charge is -2.30. The molecule has 1 atom stereocenters. The van der Waals surface area contributed by atoms with Crippen molar-refractivity contribution in [3.63, 3.8) is 0 Å². The van der Waals surface area contributed by atoms with Crippen LogP contribution in [0.4, 0.5) is 14.9 Å². The molecular weight excluding hydrogens is 606 g/mol. The van der Waals surface area contributed by atoms with Gasteiger partial charge in [0.05, 0.1) is 20.9 Å². The first-order chi connectivity index (χ1) is 20.7. The topological polar surface area (TPSA) is 142 Å². The van der Waals surface area contributed by atoms with Gasteiger partial charge >= 0.3 is 6.03 Å². The first-order valence-corrected chi connectivity index (χ1v) is 17.0. The van der Waals surface area contributed by atoms with Crippen molar-refractivity contribution in [1.29, 1.82) is 0 Å². The molecule has 1 fully saturated rings. The van der Waals surface area contributed by atoms with Crippen molar-refractivity contribution in [2.75, 3.05) is 5.32 Å². The number of hydrogen-bond acceptors (Lipinski definition) is 8. The van der Waals surface area contributed by atoms with Crippen molar-refractivity contribution in [2.45, 2.75) is 102 Å². The number of carbonyl (C=O) groups excluding carboxylic acids is 1. The number of aromatic nitrogens is 1. The third-order valence-corrected chi connectivity index (χ3v) is 9.95. The summed E-state index contributed by atoms with van der Waals surface area (Å²) in [7, 11) is -3.99. The number of aliphatic hydroxyl groups excluding tert-OH is 1. The molecule has 1 aromatic heterocycles. The number of benzene rings is 2. The summed E-state index contributed by atoms with van der Waals surface area (Å²) in [5.41, 5.74) is 0.636. The lowest BCUT2D eigenvalue weighted by atomic mass is 9.86. The monoisotopic (exact) mass is 647 g/mol. The Morgan fingerprint density at radius 3 is 2.52 bits per heavy atom. The minimum absolute atomic E-state index is 0.0256. The Hall–Kier alpha value is -2.94. The van der Waals surface area contributed by atoms with Crippen LogP contribution in [0, 0.1) is 5.82 Å². The molecule has 2 aromatic carbocycles. The summed E-state index contributed by atoms with van der Waals surface area (Å²) in [6.45, 7) is 9.13. The van der Waals surface area contributed by atoms with E-state index in [0.29, 0.717) is 21.7 Å². The van der Waals surface area contributed by atoms with Crippen LogP contribution in [0.15, 0.2) is 53.6 Å². The van der Waals surface area contributed by atoms with E-state index in [2.05, 4.69) is 25.7 Å². The number of thiazole rings is 1. The van der Waals surface area contributed by atoms with Gasteiger partial charge in [0.25, 0.3) is 0 Å². The molecule has 10 nitrogen and oxygen atoms in total. The van der Waals surface area contributed by atoms with Crippen LogP contribution in [0.2, 0.25) is 0 Å². The fraction of sp³-hybridized carbons (Fsp3) is 0.484. The second-order valence-corrected chi connectivity index (χ2v) is 15.0. The predicted molar refractivity (Wildman–Crippen MR) is 170 cm³/mol. The number of urea groups is 1. The highest BCUT2D eigenvalue weighted by Crippen LogP contribution is 2.40. The van der Waals surface area contributed by atoms with Crippen LogP contribution in [-0.2, 0) is 21.3 Å². The van der Waals surface area contributed by atoms with E-state index in [4.69, 9.17) is 4.74 Å². The number of amides is 2. The number of nitrogens with one attached hydrogen (secondary N) is 4. The summed E-state index contributed by atoms with van der Waals surface area (Å²) >= 11 is 1.46. The normalized spacial score (nSPS) is 18.3. The lowest BCUT2D eigenvalue weighted by Crippen LogP contribution is -2.42. The molecule has 1 saturated carbocycles. The number of aliphatic hydroxyl groups is 1. The molecule has 0 spiro atoms. The summed E-state index contributed by atoms with van der Waals surface area (Å²) < 4.78 is 48.8. The summed E-state index contributed by atoms with van der Waals surface area (Å²) in [6.07, 6.45) is 4.09. The SMILES string of the molecule is CC(C)OC(O)NC1CCC(c2ncc(-c3ccc(NC(=O)NCc4cccc(F)c4)cc3S(=O)(=O)NC(C)(C)C)s2)CC1. The van der Waals surface area contributed by atoms with Crippen molar-refractivity contribution in [2.24, 2.45) is 0 Å². The molecule has 5 N–H and O–H groups in total. The number of hydrogen-bond donors (Lipinski definition) is 5. The van der Waals surface area contributed by atoms with Gasteiger partial charge in [-0.25, -0.2) is 27.3 Å². The van der Waals surface area contributed by atoms with Crippen LogP contribution < -0.4 is 20.7 Å². The molecule has 2 amide bonds. The molecule has 0 aliphatic heterocycles. The zero-order valence-electron chi connectivity index (χ0n) is 25.7. The van der Waals surface area contributed by atoms with Crippen LogP contribution in [0.1, 0.15) is 76.8 Å². The standard InChI is InChI=1S/C31H42FN5O5S2/c1-19(2)42-30(39)36-23-11-9-21(10-12-23)28-33-18-26(43-28)25-14-13-24(16-27(25)44(40,41)37-31(3,4)5)35-29(38)34-17-20-7-6-8-22(32)15-20/h6-8,13-16,18-19,21,23,30,36-37,39H,9-12,17H2,1-5H3,(H2,34,35,38). The number of nitrogens with zero attached hydrogens (tertiary/aromatic N) is 1. The number of halogens is 1. The van der Waals surface area contributed by atoms with Gasteiger partial charge in [0.15, 0.2) is 0 Å². The third kappa shape index (κ3) is 9.78. The highest BCUT2D eigenvalue weighted by molar-refractivity contribution is 7.89. The van der Waals surface area contributed by atoms with Gasteiger partial charge < -0.3 is 20.5 Å². The van der Waals surface area contributed by atoms with Crippen molar-refractivity contribution in [3.05, 3.63) is 65.0 Å². The first kappa shape index (κ1) is 33.9. The van der Waals surface area contributed by atoms with E-state index in [1.165, 1.54) is 29.5 Å². The Balaban J connectivity index is 1.50. The average Bonchev–Trinajstić information content (AvgIpc) is 3.41. The number of ether oxygens (including phenoxy) is 1. The van der Waals surface area contributed by atoms with E-state index in [9.17, 15) is 22.7 Å². The highest BCUT2D eigenvalue weighted by Gasteiger charge is 2.29. The molecule has 0 saturated heterocycles. The van der Waals surface area contributed by atoms with Gasteiger partial charge in [-0.2, -0.15) is 0 Å². The van der Waals surface area contributed by atoms with Gasteiger partial charge in [-0.05, 0) is 90.1 Å². The number of carbonyl (C=O) groups is 1. The fourth-order valence-corrected chi connectivity index (χ4v) is 7.95. The highest BCUT2D eigenvalue weighted by atomic mass is 32.2. The predicted octanol–water partition coefficient (Wildman–Crippen LogP) is 5.66. The summed E-state index contributed by atoms with van der Waals surface area (Å²) in [5, 5.41) is 19.5. The maximum absolute atomic E-state index is 13.6. The van der Waals surface area contributed by atoms with Gasteiger partial charge in [-0.3, -0.25) is 5.32 Å². The molecule has 1 aliphatic carbocycles. The van der Waals surface area contributed by atoms with Gasteiger partial charge in [0, 0.05) is 41.5 Å². The van der Waals surface area contributed by atoms with E-state index in [1.54, 1.807) is 51.2 Å². The van der Waals surface area contributed by atoms with Crippen LogP contribution >= 0.6 is 11.3 Å². The molecule has 0 bridgehead atoms. The average molecular weight is 648 g/mol. The van der Waals surface area contributed by atoms with Crippen molar-refractivity contribution >= 4 is 33.1 Å². The molecule has 0 radical (unpaired) electrons. The van der Waals surface area contributed by atoms with Crippen LogP contribution in [0.25, 0.3) is 10.4 Å². The number of rotatable bonds is 11. The maximum Gasteiger partial charge on any atom is 0.319 e. The molecule has 1 aliphatic rings. The molecule has 4 rings (SSSR count). The van der Waals surface area contributed by atoms with Crippen molar-refractivity contribution in [1.82, 2.24) is 20.3 Å². The maximum atomic E-state index is 13.6. The first-order valence-electron chi connectivity index (χ1n) is 14.7. The largest absolute Gasteiger partial charge is 0.356 e. The Kier molecular flexibility index (Phi) is 11.1. The second kappa shape index (κ2) is 14.4. The Labute approximate surface area is 262 Å². The number of anilines is 1. The van der Waals surface area contributed by atoms with E-state index in [-0.39, 0.29) is 29.5 Å². The quantitative estimate of drug-likeness (QED) is 0.169. The van der Waals surface area contributed by atoms with Crippen LogP contribution in [0.5, 0.6) is 0 Å².